The average molecular weight is 258 g/mol. The fourth-order valence-electron chi connectivity index (χ4n) is 2.20. The number of hydrazine groups is 1. The van der Waals surface area contributed by atoms with Gasteiger partial charge < -0.3 is 0 Å². The number of nitrogens with two attached hydrogens (primary N) is 1. The fraction of sp³-hybridized carbons (Fsp3) is 0.250. The molecule has 0 fully saturated rings. The molecule has 3 heteroatoms. The summed E-state index contributed by atoms with van der Waals surface area (Å²) < 4.78 is 13.9. The summed E-state index contributed by atoms with van der Waals surface area (Å²) in [6, 6.07) is 15.2. The van der Waals surface area contributed by atoms with Gasteiger partial charge in [-0.2, -0.15) is 0 Å². The molecule has 0 radical (unpaired) electrons. The Morgan fingerprint density at radius 3 is 2.53 bits per heavy atom. The normalized spacial score (nSPS) is 12.4. The monoisotopic (exact) mass is 258 g/mol. The Morgan fingerprint density at radius 2 is 1.89 bits per heavy atom. The predicted molar refractivity (Wildman–Crippen MR) is 76.0 cm³/mol. The summed E-state index contributed by atoms with van der Waals surface area (Å²) in [4.78, 5) is 0. The molecule has 0 amide bonds. The molecule has 0 aromatic heterocycles. The average Bonchev–Trinajstić information content (AvgIpc) is 2.42. The first-order valence-corrected chi connectivity index (χ1v) is 6.47. The van der Waals surface area contributed by atoms with Gasteiger partial charge in [-0.05, 0) is 37.0 Å². The maximum atomic E-state index is 13.9. The molecule has 0 bridgehead atoms. The molecule has 2 aromatic carbocycles. The van der Waals surface area contributed by atoms with Crippen LogP contribution in [-0.2, 0) is 6.42 Å². The van der Waals surface area contributed by atoms with Gasteiger partial charge in [-0.1, -0.05) is 42.5 Å². The lowest BCUT2D eigenvalue weighted by Gasteiger charge is -2.17. The number of hydrogen-bond acceptors (Lipinski definition) is 2. The van der Waals surface area contributed by atoms with Crippen LogP contribution in [0.25, 0.3) is 0 Å². The molecule has 0 heterocycles. The topological polar surface area (TPSA) is 38.0 Å². The van der Waals surface area contributed by atoms with E-state index in [4.69, 9.17) is 5.84 Å². The first-order chi connectivity index (χ1) is 9.20. The van der Waals surface area contributed by atoms with E-state index in [1.165, 1.54) is 5.56 Å². The van der Waals surface area contributed by atoms with E-state index in [1.54, 1.807) is 12.1 Å². The van der Waals surface area contributed by atoms with E-state index in [-0.39, 0.29) is 11.9 Å². The van der Waals surface area contributed by atoms with Crippen LogP contribution in [0, 0.1) is 12.7 Å². The van der Waals surface area contributed by atoms with E-state index >= 15 is 0 Å². The number of aryl methyl sites for hydroxylation is 2. The second-order valence-electron chi connectivity index (χ2n) is 4.77. The summed E-state index contributed by atoms with van der Waals surface area (Å²) in [5.41, 5.74) is 5.49. The van der Waals surface area contributed by atoms with Gasteiger partial charge in [0.1, 0.15) is 5.82 Å². The Kier molecular flexibility index (Phi) is 4.66. The molecule has 3 N–H and O–H groups in total. The molecule has 1 atom stereocenters. The second kappa shape index (κ2) is 6.45. The first kappa shape index (κ1) is 13.7. The maximum absolute atomic E-state index is 13.9. The summed E-state index contributed by atoms with van der Waals surface area (Å²) in [7, 11) is 0. The van der Waals surface area contributed by atoms with Gasteiger partial charge >= 0.3 is 0 Å². The molecule has 0 saturated carbocycles. The minimum Gasteiger partial charge on any atom is -0.271 e. The molecule has 0 aliphatic carbocycles. The van der Waals surface area contributed by atoms with Crippen LogP contribution in [0.5, 0.6) is 0 Å². The van der Waals surface area contributed by atoms with Gasteiger partial charge in [-0.25, -0.2) is 4.39 Å². The number of benzene rings is 2. The molecule has 2 nitrogen and oxygen atoms in total. The van der Waals surface area contributed by atoms with Crippen LogP contribution < -0.4 is 11.3 Å². The highest BCUT2D eigenvalue weighted by Gasteiger charge is 2.14. The van der Waals surface area contributed by atoms with Crippen LogP contribution in [0.15, 0.2) is 48.5 Å². The zero-order valence-electron chi connectivity index (χ0n) is 11.1. The molecule has 100 valence electrons. The molecule has 2 rings (SSSR count). The lowest BCUT2D eigenvalue weighted by molar-refractivity contribution is 0.485. The van der Waals surface area contributed by atoms with Crippen molar-refractivity contribution in [3.8, 4) is 0 Å². The minimum absolute atomic E-state index is 0.166. The minimum atomic E-state index is -0.198. The molecule has 2 aromatic rings. The van der Waals surface area contributed by atoms with Gasteiger partial charge in [0, 0.05) is 11.6 Å². The van der Waals surface area contributed by atoms with Gasteiger partial charge in [0.15, 0.2) is 0 Å². The Bertz CT molecular complexity index is 526. The van der Waals surface area contributed by atoms with Gasteiger partial charge in [0.05, 0.1) is 0 Å². The van der Waals surface area contributed by atoms with Crippen molar-refractivity contribution < 1.29 is 4.39 Å². The standard InChI is InChI=1S/C16H19FN2/c1-12-7-9-14(15(17)11-12)16(19-18)10-8-13-5-3-2-4-6-13/h2-7,9,11,16,19H,8,10,18H2,1H3. The third-order valence-corrected chi connectivity index (χ3v) is 3.30. The Hall–Kier alpha value is -1.71. The zero-order valence-corrected chi connectivity index (χ0v) is 11.1. The SMILES string of the molecule is Cc1ccc(C(CCc2ccccc2)NN)c(F)c1. The molecular formula is C16H19FN2. The van der Waals surface area contributed by atoms with Crippen molar-refractivity contribution in [2.75, 3.05) is 0 Å². The summed E-state index contributed by atoms with van der Waals surface area (Å²) in [6.45, 7) is 1.88. The summed E-state index contributed by atoms with van der Waals surface area (Å²) >= 11 is 0. The quantitative estimate of drug-likeness (QED) is 0.638. The lowest BCUT2D eigenvalue weighted by atomic mass is 9.98. The predicted octanol–water partition coefficient (Wildman–Crippen LogP) is 3.27. The summed E-state index contributed by atoms with van der Waals surface area (Å²) in [6.07, 6.45) is 1.63. The molecule has 0 aliphatic rings. The number of rotatable bonds is 5. The molecule has 19 heavy (non-hydrogen) atoms. The van der Waals surface area contributed by atoms with E-state index < -0.39 is 0 Å². The fourth-order valence-corrected chi connectivity index (χ4v) is 2.20. The largest absolute Gasteiger partial charge is 0.271 e. The number of halogens is 1. The van der Waals surface area contributed by atoms with E-state index in [9.17, 15) is 4.39 Å². The van der Waals surface area contributed by atoms with Crippen LogP contribution in [0.3, 0.4) is 0 Å². The third-order valence-electron chi connectivity index (χ3n) is 3.30. The van der Waals surface area contributed by atoms with Crippen molar-refractivity contribution in [3.05, 3.63) is 71.0 Å². The van der Waals surface area contributed by atoms with E-state index in [1.807, 2.05) is 31.2 Å². The van der Waals surface area contributed by atoms with Gasteiger partial charge in [-0.15, -0.1) is 0 Å². The van der Waals surface area contributed by atoms with Gasteiger partial charge in [0.25, 0.3) is 0 Å². The summed E-state index contributed by atoms with van der Waals surface area (Å²) in [5, 5.41) is 0. The Morgan fingerprint density at radius 1 is 1.16 bits per heavy atom. The second-order valence-corrected chi connectivity index (χ2v) is 4.77. The van der Waals surface area contributed by atoms with E-state index in [0.717, 1.165) is 18.4 Å². The highest BCUT2D eigenvalue weighted by Crippen LogP contribution is 2.22. The van der Waals surface area contributed by atoms with Crippen molar-refractivity contribution in [2.24, 2.45) is 5.84 Å². The first-order valence-electron chi connectivity index (χ1n) is 6.47. The van der Waals surface area contributed by atoms with Crippen molar-refractivity contribution >= 4 is 0 Å². The highest BCUT2D eigenvalue weighted by molar-refractivity contribution is 5.26. The summed E-state index contributed by atoms with van der Waals surface area (Å²) in [5.74, 6) is 5.36. The van der Waals surface area contributed by atoms with Crippen molar-refractivity contribution in [1.82, 2.24) is 5.43 Å². The molecule has 0 saturated heterocycles. The van der Waals surface area contributed by atoms with Crippen LogP contribution >= 0.6 is 0 Å². The molecular weight excluding hydrogens is 239 g/mol. The van der Waals surface area contributed by atoms with Crippen molar-refractivity contribution in [2.45, 2.75) is 25.8 Å². The lowest BCUT2D eigenvalue weighted by Crippen LogP contribution is -2.29. The van der Waals surface area contributed by atoms with E-state index in [0.29, 0.717) is 5.56 Å². The van der Waals surface area contributed by atoms with Crippen molar-refractivity contribution in [3.63, 3.8) is 0 Å². The Labute approximate surface area is 113 Å². The number of hydrogen-bond donors (Lipinski definition) is 2. The van der Waals surface area contributed by atoms with E-state index in [2.05, 4.69) is 17.6 Å². The zero-order chi connectivity index (χ0) is 13.7. The smallest absolute Gasteiger partial charge is 0.128 e. The van der Waals surface area contributed by atoms with Gasteiger partial charge in [-0.3, -0.25) is 11.3 Å². The molecule has 0 spiro atoms. The highest BCUT2D eigenvalue weighted by atomic mass is 19.1. The maximum Gasteiger partial charge on any atom is 0.128 e. The van der Waals surface area contributed by atoms with Crippen LogP contribution in [-0.4, -0.2) is 0 Å². The van der Waals surface area contributed by atoms with Crippen LogP contribution in [0.4, 0.5) is 4.39 Å². The van der Waals surface area contributed by atoms with Crippen LogP contribution in [0.2, 0.25) is 0 Å². The third kappa shape index (κ3) is 3.63. The van der Waals surface area contributed by atoms with Gasteiger partial charge in [0.2, 0.25) is 0 Å². The number of nitrogens with one attached hydrogen (secondary N) is 1. The molecule has 0 aliphatic heterocycles. The molecule has 1 unspecified atom stereocenters. The van der Waals surface area contributed by atoms with Crippen molar-refractivity contribution in [1.29, 1.82) is 0 Å². The van der Waals surface area contributed by atoms with Crippen LogP contribution in [0.1, 0.15) is 29.2 Å². The Balaban J connectivity index is 2.08.